The van der Waals surface area contributed by atoms with Crippen LogP contribution in [0, 0.1) is 0 Å². The van der Waals surface area contributed by atoms with Crippen molar-refractivity contribution >= 4 is 148 Å². The average Bonchev–Trinajstić information content (AvgIpc) is 1.57. The largest absolute Gasteiger partial charge is 0.311 e. The van der Waals surface area contributed by atoms with E-state index in [1.165, 1.54) is 164 Å². The van der Waals surface area contributed by atoms with Gasteiger partial charge in [-0.1, -0.05) is 358 Å². The molecule has 29 rings (SSSR count). The number of benzene rings is 22. The number of aromatic nitrogens is 7. The van der Waals surface area contributed by atoms with E-state index >= 15 is 0 Å². The lowest BCUT2D eigenvalue weighted by Gasteiger charge is -2.26. The van der Waals surface area contributed by atoms with Gasteiger partial charge in [0.2, 0.25) is 0 Å². The van der Waals surface area contributed by atoms with Crippen molar-refractivity contribution in [2.45, 2.75) is 0 Å². The van der Waals surface area contributed by atoms with Crippen LogP contribution in [0.5, 0.6) is 0 Å². The Morgan fingerprint density at radius 2 is 0.386 bits per heavy atom. The second-order valence-corrected chi connectivity index (χ2v) is 37.6. The molecule has 0 aliphatic heterocycles. The molecule has 7 heterocycles. The summed E-state index contributed by atoms with van der Waals surface area (Å²) in [5.74, 6) is 0.886. The van der Waals surface area contributed by atoms with Gasteiger partial charge in [-0.2, -0.15) is 0 Å². The molecular weight excluding hydrogens is 1760 g/mol. The molecule has 0 saturated carbocycles. The molecule has 145 heavy (non-hydrogen) atoms. The van der Waals surface area contributed by atoms with Gasteiger partial charge in [0, 0.05) is 116 Å². The first kappa shape index (κ1) is 83.7. The van der Waals surface area contributed by atoms with Crippen molar-refractivity contribution < 1.29 is 0 Å². The van der Waals surface area contributed by atoms with E-state index in [1.807, 2.05) is 0 Å². The van der Waals surface area contributed by atoms with Crippen molar-refractivity contribution in [3.63, 3.8) is 0 Å². The molecule has 0 spiro atoms. The minimum Gasteiger partial charge on any atom is -0.311 e. The van der Waals surface area contributed by atoms with Crippen LogP contribution >= 0.6 is 0 Å². The smallest absolute Gasteiger partial charge is 0.138 e. The lowest BCUT2D eigenvalue weighted by molar-refractivity contribution is 1.08. The highest BCUT2D eigenvalue weighted by molar-refractivity contribution is 6.25. The molecule has 0 aliphatic rings. The molecule has 0 N–H and O–H groups in total. The Morgan fingerprint density at radius 1 is 0.138 bits per heavy atom. The molecule has 29 aromatic rings. The quantitative estimate of drug-likeness (QED) is 0.0968. The first-order valence-corrected chi connectivity index (χ1v) is 49.7. The van der Waals surface area contributed by atoms with E-state index in [2.05, 4.69) is 578 Å². The van der Waals surface area contributed by atoms with Crippen molar-refractivity contribution in [1.29, 1.82) is 0 Å². The summed E-state index contributed by atoms with van der Waals surface area (Å²) in [4.78, 5) is 7.78. The van der Waals surface area contributed by atoms with E-state index in [0.29, 0.717) is 0 Å². The van der Waals surface area contributed by atoms with Crippen LogP contribution in [0.4, 0.5) is 17.1 Å². The predicted molar refractivity (Wildman–Crippen MR) is 609 cm³/mol. The summed E-state index contributed by atoms with van der Waals surface area (Å²) in [6.07, 6.45) is 0. The molecular formula is C137H90N8. The third kappa shape index (κ3) is 14.1. The Bertz CT molecular complexity index is 9940. The fourth-order valence-corrected chi connectivity index (χ4v) is 23.1. The molecule has 0 saturated heterocycles. The summed E-state index contributed by atoms with van der Waals surface area (Å²) in [6.45, 7) is 0. The topological polar surface area (TPSA) is 45.7 Å². The summed E-state index contributed by atoms with van der Waals surface area (Å²) < 4.78 is 14.5. The number of anilines is 3. The summed E-state index contributed by atoms with van der Waals surface area (Å²) in [5, 5.41) is 14.7. The maximum absolute atomic E-state index is 5.42. The van der Waals surface area contributed by atoms with Crippen LogP contribution in [0.1, 0.15) is 0 Å². The molecule has 22 aromatic carbocycles. The highest BCUT2D eigenvalue weighted by Crippen LogP contribution is 2.50. The van der Waals surface area contributed by atoms with Crippen LogP contribution in [0.25, 0.3) is 243 Å². The molecule has 0 amide bonds. The molecule has 0 unspecified atom stereocenters. The minimum atomic E-state index is 0.886. The van der Waals surface area contributed by atoms with Crippen LogP contribution in [-0.2, 0) is 0 Å². The van der Waals surface area contributed by atoms with Gasteiger partial charge in [0.25, 0.3) is 0 Å². The number of hydrogen-bond donors (Lipinski definition) is 0. The first-order valence-electron chi connectivity index (χ1n) is 49.7. The van der Waals surface area contributed by atoms with Gasteiger partial charge in [-0.25, -0.2) is 4.98 Å². The summed E-state index contributed by atoms with van der Waals surface area (Å²) >= 11 is 0. The normalized spacial score (nSPS) is 11.7. The van der Waals surface area contributed by atoms with E-state index in [0.717, 1.165) is 95.8 Å². The molecule has 0 radical (unpaired) electrons. The molecule has 0 bridgehead atoms. The Balaban J connectivity index is 0.000000146. The van der Waals surface area contributed by atoms with Gasteiger partial charge in [0.15, 0.2) is 0 Å². The second kappa shape index (κ2) is 34.9. The van der Waals surface area contributed by atoms with E-state index in [4.69, 9.17) is 4.98 Å². The van der Waals surface area contributed by atoms with Crippen molar-refractivity contribution in [3.05, 3.63) is 546 Å². The van der Waals surface area contributed by atoms with E-state index < -0.39 is 0 Å². The van der Waals surface area contributed by atoms with Gasteiger partial charge in [-0.15, -0.1) is 0 Å². The fraction of sp³-hybridized carbons (Fsp3) is 0. The summed E-state index contributed by atoms with van der Waals surface area (Å²) in [7, 11) is 0. The lowest BCUT2D eigenvalue weighted by Crippen LogP contribution is -2.10. The third-order valence-corrected chi connectivity index (χ3v) is 29.5. The molecule has 0 atom stereocenters. The number of fused-ring (bicyclic) bond motifs is 18. The number of nitrogens with zero attached hydrogens (tertiary/aromatic N) is 8. The molecule has 7 aromatic heterocycles. The fourth-order valence-electron chi connectivity index (χ4n) is 23.1. The van der Waals surface area contributed by atoms with Crippen LogP contribution < -0.4 is 4.90 Å². The Kier molecular flexibility index (Phi) is 20.1. The summed E-state index contributed by atoms with van der Waals surface area (Å²) in [5.41, 5.74) is 39.2. The highest BCUT2D eigenvalue weighted by Gasteiger charge is 2.28. The van der Waals surface area contributed by atoms with Crippen molar-refractivity contribution in [1.82, 2.24) is 32.4 Å². The van der Waals surface area contributed by atoms with E-state index in [1.54, 1.807) is 0 Å². The zero-order valence-electron chi connectivity index (χ0n) is 79.0. The van der Waals surface area contributed by atoms with Crippen LogP contribution in [-0.4, -0.2) is 32.4 Å². The maximum Gasteiger partial charge on any atom is 0.138 e. The standard InChI is InChI=1S/C78H52N4.C59H38N4/c1-5-19-53(20-6-1)56-35-40-60(41-36-56)79(61-42-37-57(38-43-61)54-21-7-2-8-22-54)62-44-46-63(47-45-62)81-71-31-15-13-27-67(71)77-65(29-17-33-75(77)81)66-30-18-34-76-78(66)68-28-14-16-32-72(68)82(76)64-48-50-74-70(52-64)69-51-58(55-23-9-3-10-24-55)39-49-73(69)80(74)59-25-11-4-12-26-59;1-4-18-39(19-5-1)41-36-50(40-20-6-2-7-21-40)60-57(37-41)63-53-31-15-12-26-48(53)59-46(28-17-33-56(59)63)45-27-16-32-55-58(45)47-25-11-14-30-52(47)62(55)43-34-35-54-49(38-43)44-24-10-13-29-51(44)61(54)42-22-8-3-9-23-42/h1-52H;1-38H. The second-order valence-electron chi connectivity index (χ2n) is 37.6. The van der Waals surface area contributed by atoms with E-state index in [9.17, 15) is 0 Å². The molecule has 0 fully saturated rings. The Morgan fingerprint density at radius 3 is 0.786 bits per heavy atom. The average molecular weight is 1850 g/mol. The van der Waals surface area contributed by atoms with Crippen LogP contribution in [0.2, 0.25) is 0 Å². The lowest BCUT2D eigenvalue weighted by atomic mass is 9.95. The van der Waals surface area contributed by atoms with Crippen molar-refractivity contribution in [3.8, 4) is 112 Å². The van der Waals surface area contributed by atoms with E-state index in [-0.39, 0.29) is 0 Å². The van der Waals surface area contributed by atoms with Gasteiger partial charge in [0.05, 0.1) is 71.9 Å². The summed E-state index contributed by atoms with van der Waals surface area (Å²) in [6, 6.07) is 198. The van der Waals surface area contributed by atoms with Gasteiger partial charge in [-0.3, -0.25) is 4.57 Å². The monoisotopic (exact) mass is 1850 g/mol. The van der Waals surface area contributed by atoms with Crippen molar-refractivity contribution in [2.75, 3.05) is 4.90 Å². The van der Waals surface area contributed by atoms with Crippen LogP contribution in [0.3, 0.4) is 0 Å². The number of pyridine rings is 1. The van der Waals surface area contributed by atoms with Gasteiger partial charge in [-0.05, 0) is 255 Å². The van der Waals surface area contributed by atoms with Crippen LogP contribution in [0.15, 0.2) is 546 Å². The number of rotatable bonds is 16. The highest BCUT2D eigenvalue weighted by atomic mass is 15.1. The number of hydrogen-bond acceptors (Lipinski definition) is 2. The SMILES string of the molecule is c1ccc(-c2cc(-c3ccccc3)nc(-n3c4ccccc4c4c(-c5cccc6c5c5ccccc5n6-c5ccc6c(c5)c5ccccc5n6-c5ccccc5)cccc43)c2)cc1.c1ccc(-c2ccc(N(c3ccc(-c4ccccc4)cc3)c3ccc(-n4c5ccccc5c5c(-c6cccc7c6c6ccccc6n7-c6ccc7c(c6)c6cc(-c8ccccc8)ccc6n7-c6ccccc6)cccc54)cc3)cc2)cc1. The zero-order chi connectivity index (χ0) is 95.5. The Labute approximate surface area is 837 Å². The number of para-hydroxylation sites is 7. The van der Waals surface area contributed by atoms with Crippen molar-refractivity contribution in [2.24, 2.45) is 0 Å². The molecule has 8 heteroatoms. The zero-order valence-corrected chi connectivity index (χ0v) is 79.0. The predicted octanol–water partition coefficient (Wildman–Crippen LogP) is 36.5. The first-order chi connectivity index (χ1) is 72.0. The van der Waals surface area contributed by atoms with Gasteiger partial charge < -0.3 is 27.7 Å². The molecule has 8 nitrogen and oxygen atoms in total. The molecule has 0 aliphatic carbocycles. The third-order valence-electron chi connectivity index (χ3n) is 29.5. The van der Waals surface area contributed by atoms with Gasteiger partial charge in [0.1, 0.15) is 5.82 Å². The minimum absolute atomic E-state index is 0.886. The Hall–Kier alpha value is -19.4. The van der Waals surface area contributed by atoms with Gasteiger partial charge >= 0.3 is 0 Å². The molecule has 678 valence electrons. The maximum atomic E-state index is 5.42.